The van der Waals surface area contributed by atoms with E-state index >= 15 is 0 Å². The van der Waals surface area contributed by atoms with Gasteiger partial charge in [-0.05, 0) is 31.7 Å². The van der Waals surface area contributed by atoms with Crippen molar-refractivity contribution in [2.45, 2.75) is 32.1 Å². The van der Waals surface area contributed by atoms with E-state index in [0.29, 0.717) is 11.6 Å². The first-order chi connectivity index (χ1) is 8.84. The second-order valence-electron chi connectivity index (χ2n) is 4.47. The third kappa shape index (κ3) is 2.03. The Bertz CT molecular complexity index is 606. The fourth-order valence-corrected chi connectivity index (χ4v) is 2.31. The molecule has 0 radical (unpaired) electrons. The highest BCUT2D eigenvalue weighted by Gasteiger charge is 2.15. The van der Waals surface area contributed by atoms with Crippen LogP contribution in [-0.4, -0.2) is 19.9 Å². The van der Waals surface area contributed by atoms with E-state index in [0.717, 1.165) is 43.4 Å². The average molecular weight is 242 g/mol. The van der Waals surface area contributed by atoms with Crippen molar-refractivity contribution in [3.8, 4) is 11.6 Å². The SMILES string of the molecule is O=c1[nH]c(-c2ncccn2)nc2c1CCCCC2. The van der Waals surface area contributed by atoms with Gasteiger partial charge in [0, 0.05) is 18.0 Å². The van der Waals surface area contributed by atoms with Crippen LogP contribution < -0.4 is 5.56 Å². The summed E-state index contributed by atoms with van der Waals surface area (Å²) in [5.74, 6) is 0.947. The number of aromatic amines is 1. The molecular formula is C13H14N4O. The van der Waals surface area contributed by atoms with Gasteiger partial charge in [0.15, 0.2) is 11.6 Å². The summed E-state index contributed by atoms with van der Waals surface area (Å²) in [6.07, 6.45) is 8.32. The topological polar surface area (TPSA) is 71.5 Å². The predicted octanol–water partition coefficient (Wildman–Crippen LogP) is 1.50. The molecule has 0 bridgehead atoms. The summed E-state index contributed by atoms with van der Waals surface area (Å²) in [7, 11) is 0. The maximum atomic E-state index is 12.1. The second-order valence-corrected chi connectivity index (χ2v) is 4.47. The minimum Gasteiger partial charge on any atom is -0.304 e. The van der Waals surface area contributed by atoms with Crippen LogP contribution in [0.25, 0.3) is 11.6 Å². The van der Waals surface area contributed by atoms with Crippen molar-refractivity contribution in [2.75, 3.05) is 0 Å². The smallest absolute Gasteiger partial charge is 0.254 e. The average Bonchev–Trinajstić information content (AvgIpc) is 2.65. The Kier molecular flexibility index (Phi) is 2.88. The van der Waals surface area contributed by atoms with Crippen LogP contribution in [0.2, 0.25) is 0 Å². The van der Waals surface area contributed by atoms with E-state index in [1.807, 2.05) is 0 Å². The summed E-state index contributed by atoms with van der Waals surface area (Å²) in [6, 6.07) is 1.74. The van der Waals surface area contributed by atoms with Crippen molar-refractivity contribution in [1.82, 2.24) is 19.9 Å². The number of aryl methyl sites for hydroxylation is 1. The maximum Gasteiger partial charge on any atom is 0.254 e. The molecule has 2 aromatic heterocycles. The number of nitrogens with zero attached hydrogens (tertiary/aromatic N) is 3. The van der Waals surface area contributed by atoms with Crippen molar-refractivity contribution in [3.63, 3.8) is 0 Å². The van der Waals surface area contributed by atoms with Gasteiger partial charge in [-0.1, -0.05) is 6.42 Å². The molecule has 1 N–H and O–H groups in total. The Morgan fingerprint density at radius 2 is 1.83 bits per heavy atom. The van der Waals surface area contributed by atoms with Crippen LogP contribution in [0, 0.1) is 0 Å². The molecule has 0 aromatic carbocycles. The lowest BCUT2D eigenvalue weighted by Crippen LogP contribution is -2.18. The first-order valence-electron chi connectivity index (χ1n) is 6.24. The van der Waals surface area contributed by atoms with Gasteiger partial charge >= 0.3 is 0 Å². The van der Waals surface area contributed by atoms with Crippen molar-refractivity contribution in [3.05, 3.63) is 40.1 Å². The Labute approximate surface area is 104 Å². The summed E-state index contributed by atoms with van der Waals surface area (Å²) < 4.78 is 0. The van der Waals surface area contributed by atoms with Crippen molar-refractivity contribution in [2.24, 2.45) is 0 Å². The fourth-order valence-electron chi connectivity index (χ4n) is 2.31. The molecule has 0 amide bonds. The highest BCUT2D eigenvalue weighted by atomic mass is 16.1. The van der Waals surface area contributed by atoms with E-state index in [4.69, 9.17) is 0 Å². The highest BCUT2D eigenvalue weighted by Crippen LogP contribution is 2.17. The molecule has 5 heteroatoms. The van der Waals surface area contributed by atoms with Gasteiger partial charge in [-0.3, -0.25) is 4.79 Å². The zero-order valence-electron chi connectivity index (χ0n) is 10.0. The van der Waals surface area contributed by atoms with Crippen molar-refractivity contribution < 1.29 is 0 Å². The molecule has 0 spiro atoms. The van der Waals surface area contributed by atoms with E-state index < -0.39 is 0 Å². The first kappa shape index (κ1) is 11.1. The Balaban J connectivity index is 2.11. The maximum absolute atomic E-state index is 12.1. The molecular weight excluding hydrogens is 228 g/mol. The van der Waals surface area contributed by atoms with Gasteiger partial charge in [0.2, 0.25) is 0 Å². The van der Waals surface area contributed by atoms with Crippen LogP contribution in [0.5, 0.6) is 0 Å². The van der Waals surface area contributed by atoms with Gasteiger partial charge in [0.25, 0.3) is 5.56 Å². The van der Waals surface area contributed by atoms with E-state index in [2.05, 4.69) is 19.9 Å². The summed E-state index contributed by atoms with van der Waals surface area (Å²) in [5.41, 5.74) is 1.72. The van der Waals surface area contributed by atoms with Crippen LogP contribution in [-0.2, 0) is 12.8 Å². The molecule has 18 heavy (non-hydrogen) atoms. The van der Waals surface area contributed by atoms with Gasteiger partial charge in [-0.2, -0.15) is 0 Å². The number of nitrogens with one attached hydrogen (secondary N) is 1. The van der Waals surface area contributed by atoms with E-state index in [-0.39, 0.29) is 5.56 Å². The summed E-state index contributed by atoms with van der Waals surface area (Å²) in [4.78, 5) is 27.6. The molecule has 0 aliphatic heterocycles. The number of hydrogen-bond acceptors (Lipinski definition) is 4. The highest BCUT2D eigenvalue weighted by molar-refractivity contribution is 5.43. The largest absolute Gasteiger partial charge is 0.304 e. The Hall–Kier alpha value is -2.04. The van der Waals surface area contributed by atoms with Crippen LogP contribution in [0.1, 0.15) is 30.5 Å². The molecule has 0 unspecified atom stereocenters. The lowest BCUT2D eigenvalue weighted by Gasteiger charge is -2.05. The third-order valence-electron chi connectivity index (χ3n) is 3.22. The molecule has 0 atom stereocenters. The van der Waals surface area contributed by atoms with Crippen LogP contribution in [0.3, 0.4) is 0 Å². The standard InChI is InChI=1S/C13H14N4O/c18-13-9-5-2-1-3-6-10(9)16-12(17-13)11-14-7-4-8-15-11/h4,7-8H,1-3,5-6H2,(H,16,17,18). The zero-order chi connectivity index (χ0) is 12.4. The Morgan fingerprint density at radius 1 is 1.06 bits per heavy atom. The summed E-state index contributed by atoms with van der Waals surface area (Å²) in [6.45, 7) is 0. The fraction of sp³-hybridized carbons (Fsp3) is 0.385. The second kappa shape index (κ2) is 4.68. The monoisotopic (exact) mass is 242 g/mol. The van der Waals surface area contributed by atoms with Gasteiger partial charge < -0.3 is 4.98 Å². The van der Waals surface area contributed by atoms with E-state index in [1.54, 1.807) is 18.5 Å². The number of H-pyrrole nitrogens is 1. The molecule has 0 saturated heterocycles. The number of aromatic nitrogens is 4. The minimum absolute atomic E-state index is 0.0376. The summed E-state index contributed by atoms with van der Waals surface area (Å²) >= 11 is 0. The lowest BCUT2D eigenvalue weighted by molar-refractivity contribution is 0.708. The molecule has 5 nitrogen and oxygen atoms in total. The Morgan fingerprint density at radius 3 is 2.67 bits per heavy atom. The quantitative estimate of drug-likeness (QED) is 0.769. The first-order valence-corrected chi connectivity index (χ1v) is 6.24. The molecule has 0 saturated carbocycles. The van der Waals surface area contributed by atoms with Gasteiger partial charge in [-0.25, -0.2) is 15.0 Å². The molecule has 1 aliphatic carbocycles. The molecule has 92 valence electrons. The number of rotatable bonds is 1. The molecule has 2 heterocycles. The normalized spacial score (nSPS) is 14.9. The van der Waals surface area contributed by atoms with Crippen LogP contribution >= 0.6 is 0 Å². The molecule has 1 aliphatic rings. The van der Waals surface area contributed by atoms with E-state index in [9.17, 15) is 4.79 Å². The number of fused-ring (bicyclic) bond motifs is 1. The third-order valence-corrected chi connectivity index (χ3v) is 3.22. The lowest BCUT2D eigenvalue weighted by atomic mass is 10.1. The molecule has 0 fully saturated rings. The van der Waals surface area contributed by atoms with Crippen LogP contribution in [0.15, 0.2) is 23.3 Å². The molecule has 3 rings (SSSR count). The summed E-state index contributed by atoms with van der Waals surface area (Å²) in [5, 5.41) is 0. The zero-order valence-corrected chi connectivity index (χ0v) is 10.0. The van der Waals surface area contributed by atoms with Gasteiger partial charge in [-0.15, -0.1) is 0 Å². The molecule has 2 aromatic rings. The van der Waals surface area contributed by atoms with Crippen LogP contribution in [0.4, 0.5) is 0 Å². The minimum atomic E-state index is -0.0376. The van der Waals surface area contributed by atoms with Gasteiger partial charge in [0.05, 0.1) is 5.69 Å². The van der Waals surface area contributed by atoms with E-state index in [1.165, 1.54) is 0 Å². The van der Waals surface area contributed by atoms with Gasteiger partial charge in [0.1, 0.15) is 0 Å². The van der Waals surface area contributed by atoms with Crippen molar-refractivity contribution >= 4 is 0 Å². The number of hydrogen-bond donors (Lipinski definition) is 1. The predicted molar refractivity (Wildman–Crippen MR) is 67.1 cm³/mol. The van der Waals surface area contributed by atoms with Crippen molar-refractivity contribution in [1.29, 1.82) is 0 Å².